The van der Waals surface area contributed by atoms with Crippen molar-refractivity contribution in [1.29, 1.82) is 0 Å². The Balaban J connectivity index is 0.880. The maximum atomic E-state index is 14.9. The smallest absolute Gasteiger partial charge is 0.246 e. The monoisotopic (exact) mass is 1090 g/mol. The maximum Gasteiger partial charge on any atom is 0.246 e. The highest BCUT2D eigenvalue weighted by atomic mass is 32.2. The molecule has 0 spiro atoms. The van der Waals surface area contributed by atoms with Gasteiger partial charge in [-0.05, 0) is 111 Å². The Labute approximate surface area is 455 Å². The molecule has 9 rings (SSSR count). The summed E-state index contributed by atoms with van der Waals surface area (Å²) >= 11 is 14.7. The van der Waals surface area contributed by atoms with E-state index in [1.54, 1.807) is 33.3 Å². The molecular weight excluding hydrogens is 1010 g/mol. The fraction of sp³-hybridized carbons (Fsp3) is 0.630. The Kier molecular flexibility index (Phi) is 16.2. The number of carbonyl (C=O) groups is 6. The van der Waals surface area contributed by atoms with E-state index in [2.05, 4.69) is 31.9 Å². The first kappa shape index (κ1) is 54.4. The van der Waals surface area contributed by atoms with E-state index in [1.165, 1.54) is 0 Å². The van der Waals surface area contributed by atoms with Crippen molar-refractivity contribution >= 4 is 93.4 Å². The minimum atomic E-state index is -0.762. The molecule has 2 aromatic carbocycles. The van der Waals surface area contributed by atoms with Gasteiger partial charge in [-0.15, -0.1) is 23.5 Å². The quantitative estimate of drug-likeness (QED) is 0.169. The van der Waals surface area contributed by atoms with Crippen LogP contribution in [0.4, 0.5) is 0 Å². The molecule has 12 atom stereocenters. The number of rotatable bonds is 12. The van der Waals surface area contributed by atoms with Gasteiger partial charge in [0.05, 0.1) is 56.7 Å². The predicted octanol–water partition coefficient (Wildman–Crippen LogP) is 3.68. The van der Waals surface area contributed by atoms with Crippen LogP contribution in [0.3, 0.4) is 0 Å². The third-order valence-electron chi connectivity index (χ3n) is 17.0. The number of nitrogens with one attached hydrogen (secondary N) is 6. The summed E-state index contributed by atoms with van der Waals surface area (Å²) in [5.74, 6) is -0.684. The van der Waals surface area contributed by atoms with E-state index < -0.39 is 58.9 Å². The standard InChI is InChI=1S/C54H74N10O6S4/c1-29(55-7)47(71)57-37-17-23-73-39-27-53(3,4)43(63(39)51(37)69)45(65)59-41-33-15-11-9-13-31(33)25-35(41)49(67)61-19-21-62(22-20-61)50(68)36-26-32-14-10-12-16-34(32)42(36)60-46(66)44-54(5,6)28-40-64(44)52(70)38(18-24-74-40)58-48(72)30(2)56-8/h9-16,29-30,35-44,55-56H,17-28H2,1-8H3,(H,57,71)(H,58,72)(H,59,65)(H,60,66)/t29-,30-,35+,36+,37-,38-,39-,40-,41-,42-,43+,44+/m0/s1. The van der Waals surface area contributed by atoms with Crippen LogP contribution >= 0.6 is 48.0 Å². The van der Waals surface area contributed by atoms with Gasteiger partial charge in [-0.3, -0.25) is 28.8 Å². The number of thioether (sulfide) groups is 2. The van der Waals surface area contributed by atoms with Gasteiger partial charge in [-0.1, -0.05) is 101 Å². The molecule has 20 heteroatoms. The summed E-state index contributed by atoms with van der Waals surface area (Å²) < 4.78 is 0. The summed E-state index contributed by atoms with van der Waals surface area (Å²) in [4.78, 5) is 96.6. The van der Waals surface area contributed by atoms with Gasteiger partial charge in [0.1, 0.15) is 24.2 Å². The second-order valence-electron chi connectivity index (χ2n) is 22.7. The number of piperazine rings is 1. The van der Waals surface area contributed by atoms with Crippen molar-refractivity contribution in [3.63, 3.8) is 0 Å². The molecule has 0 aromatic heterocycles. The van der Waals surface area contributed by atoms with Crippen LogP contribution in [0.15, 0.2) is 48.5 Å². The first-order valence-electron chi connectivity index (χ1n) is 26.4. The number of amides is 6. The number of likely N-dealkylation sites (N-methyl/N-ethyl adjacent to an activating group) is 2. The molecule has 0 unspecified atom stereocenters. The maximum absolute atomic E-state index is 14.9. The molecule has 6 amide bonds. The van der Waals surface area contributed by atoms with Gasteiger partial charge in [0, 0.05) is 26.2 Å². The molecule has 5 fully saturated rings. The van der Waals surface area contributed by atoms with E-state index >= 15 is 0 Å². The van der Waals surface area contributed by atoms with Crippen molar-refractivity contribution in [3.05, 3.63) is 70.8 Å². The highest BCUT2D eigenvalue weighted by molar-refractivity contribution is 8.00. The van der Waals surface area contributed by atoms with Crippen LogP contribution in [-0.2, 0) is 41.6 Å². The molecule has 2 aromatic rings. The topological polar surface area (TPSA) is 188 Å². The minimum Gasteiger partial charge on any atom is -0.367 e. The molecule has 7 aliphatic rings. The van der Waals surface area contributed by atoms with Gasteiger partial charge in [0.25, 0.3) is 0 Å². The highest BCUT2D eigenvalue weighted by Crippen LogP contribution is 2.49. The molecule has 2 aliphatic carbocycles. The average Bonchev–Trinajstić information content (AvgIpc) is 4.04. The van der Waals surface area contributed by atoms with E-state index in [-0.39, 0.29) is 58.3 Å². The molecule has 0 saturated carbocycles. The molecule has 74 heavy (non-hydrogen) atoms. The van der Waals surface area contributed by atoms with E-state index in [1.807, 2.05) is 114 Å². The largest absolute Gasteiger partial charge is 0.367 e. The lowest BCUT2D eigenvalue weighted by Crippen LogP contribution is -2.59. The number of fused-ring (bicyclic) bond motifs is 4. The lowest BCUT2D eigenvalue weighted by Gasteiger charge is -2.39. The molecule has 5 heterocycles. The van der Waals surface area contributed by atoms with Crippen LogP contribution < -0.4 is 31.9 Å². The molecule has 0 bridgehead atoms. The van der Waals surface area contributed by atoms with E-state index in [0.29, 0.717) is 74.7 Å². The van der Waals surface area contributed by atoms with Crippen LogP contribution in [-0.4, -0.2) is 164 Å². The summed E-state index contributed by atoms with van der Waals surface area (Å²) in [5.41, 5.74) is 2.71. The molecule has 16 nitrogen and oxygen atoms in total. The summed E-state index contributed by atoms with van der Waals surface area (Å²) in [6.07, 6.45) is 3.38. The Morgan fingerprint density at radius 3 is 1.32 bits per heavy atom. The average molecular weight is 1090 g/mol. The normalized spacial score (nSPS) is 30.7. The fourth-order valence-electron chi connectivity index (χ4n) is 12.6. The van der Waals surface area contributed by atoms with Gasteiger partial charge in [-0.2, -0.15) is 0 Å². The van der Waals surface area contributed by atoms with E-state index in [0.717, 1.165) is 33.8 Å². The summed E-state index contributed by atoms with van der Waals surface area (Å²) in [6, 6.07) is 11.6. The Morgan fingerprint density at radius 2 is 0.959 bits per heavy atom. The number of nitrogens with zero attached hydrogens (tertiary/aromatic N) is 4. The number of hydrogen-bond acceptors (Lipinski definition) is 12. The van der Waals surface area contributed by atoms with Crippen molar-refractivity contribution in [2.45, 2.75) is 139 Å². The van der Waals surface area contributed by atoms with Gasteiger partial charge >= 0.3 is 0 Å². The number of benzene rings is 2. The molecule has 400 valence electrons. The van der Waals surface area contributed by atoms with Crippen molar-refractivity contribution in [2.75, 3.05) is 51.8 Å². The third kappa shape index (κ3) is 10.4. The first-order chi connectivity index (χ1) is 35.2. The van der Waals surface area contributed by atoms with Crippen LogP contribution in [0.2, 0.25) is 0 Å². The second-order valence-corrected chi connectivity index (χ2v) is 26.1. The zero-order chi connectivity index (χ0) is 53.0. The van der Waals surface area contributed by atoms with Crippen LogP contribution in [0.25, 0.3) is 0 Å². The van der Waals surface area contributed by atoms with Crippen molar-refractivity contribution < 1.29 is 28.8 Å². The Morgan fingerprint density at radius 1 is 0.595 bits per heavy atom. The number of carbonyl (C=O) groups excluding carboxylic acids is 6. The summed E-state index contributed by atoms with van der Waals surface area (Å²) in [5, 5.41) is 19.2. The van der Waals surface area contributed by atoms with Gasteiger partial charge in [0.2, 0.25) is 35.4 Å². The van der Waals surface area contributed by atoms with Crippen LogP contribution in [0.1, 0.15) is 102 Å². The molecule has 5 saturated heterocycles. The highest BCUT2D eigenvalue weighted by Gasteiger charge is 2.57. The minimum absolute atomic E-state index is 0.0899. The number of hydrogen-bond donors (Lipinski definition) is 6. The third-order valence-corrected chi connectivity index (χ3v) is 20.4. The first-order valence-corrected chi connectivity index (χ1v) is 29.3. The molecule has 0 radical (unpaired) electrons. The molecule has 6 N–H and O–H groups in total. The zero-order valence-electron chi connectivity index (χ0n) is 43.9. The number of thiocarbonyl (C=S) groups is 2. The van der Waals surface area contributed by atoms with Gasteiger partial charge in [-0.25, -0.2) is 0 Å². The van der Waals surface area contributed by atoms with Gasteiger partial charge in [0.15, 0.2) is 0 Å². The molecular formula is C54H74N10O6S4. The van der Waals surface area contributed by atoms with Gasteiger partial charge < -0.3 is 51.5 Å². The van der Waals surface area contributed by atoms with Crippen molar-refractivity contribution in [2.24, 2.45) is 22.7 Å². The fourth-order valence-corrected chi connectivity index (χ4v) is 16.3. The van der Waals surface area contributed by atoms with E-state index in [9.17, 15) is 28.8 Å². The lowest BCUT2D eigenvalue weighted by atomic mass is 9.83. The predicted molar refractivity (Wildman–Crippen MR) is 298 cm³/mol. The van der Waals surface area contributed by atoms with Crippen LogP contribution in [0.5, 0.6) is 0 Å². The zero-order valence-corrected chi connectivity index (χ0v) is 47.2. The van der Waals surface area contributed by atoms with E-state index in [4.69, 9.17) is 24.4 Å². The SMILES string of the molecule is CN[C@@H](C)C(=S)N[C@H]1CCS[C@H]2CC(C)(C)[C@@H](C(=O)N[C@H]3c4ccccc4C[C@H]3C(=O)N3CCN(C(=O)[C@@H]4Cc5ccccc5[C@@H]4NC(=O)[C@H]4N5C(=O)[C@@H](NC(=S)[C@H](C)NC)CCS[C@H]5CC4(C)C)CC3)N2C1=O. The summed E-state index contributed by atoms with van der Waals surface area (Å²) in [6.45, 7) is 13.3. The van der Waals surface area contributed by atoms with Crippen molar-refractivity contribution in [1.82, 2.24) is 51.5 Å². The Hall–Kier alpha value is -4.34. The second kappa shape index (κ2) is 22.0. The van der Waals surface area contributed by atoms with Crippen molar-refractivity contribution in [3.8, 4) is 0 Å². The summed E-state index contributed by atoms with van der Waals surface area (Å²) in [7, 11) is 3.64. The van der Waals surface area contributed by atoms with Crippen LogP contribution in [0, 0.1) is 22.7 Å². The lowest BCUT2D eigenvalue weighted by molar-refractivity contribution is -0.146. The molecule has 5 aliphatic heterocycles. The Bertz CT molecular complexity index is 2390.